The maximum absolute atomic E-state index is 12.5. The van der Waals surface area contributed by atoms with Crippen LogP contribution < -0.4 is 15.4 Å². The molecule has 2 aromatic rings. The number of benzene rings is 2. The smallest absolute Gasteiger partial charge is 0.410 e. The fraction of sp³-hybridized carbons (Fsp3) is 0.417. The summed E-state index contributed by atoms with van der Waals surface area (Å²) < 4.78 is 5.21. The SMILES string of the molecule is CC(C)NC(=O)Oc1ccc(CC(=O)NC2CCCN(Cc3ccccc3)C2)cc1. The Kier molecular flexibility index (Phi) is 7.85. The Morgan fingerprint density at radius 3 is 2.50 bits per heavy atom. The minimum absolute atomic E-state index is 0.0175. The van der Waals surface area contributed by atoms with Crippen molar-refractivity contribution >= 4 is 12.0 Å². The second kappa shape index (κ2) is 10.8. The maximum Gasteiger partial charge on any atom is 0.412 e. The summed E-state index contributed by atoms with van der Waals surface area (Å²) in [7, 11) is 0. The number of hydrogen-bond donors (Lipinski definition) is 2. The zero-order valence-electron chi connectivity index (χ0n) is 17.8. The third kappa shape index (κ3) is 7.19. The number of hydrogen-bond acceptors (Lipinski definition) is 4. The van der Waals surface area contributed by atoms with Crippen molar-refractivity contribution in [2.45, 2.75) is 51.7 Å². The third-order valence-electron chi connectivity index (χ3n) is 5.02. The summed E-state index contributed by atoms with van der Waals surface area (Å²) >= 11 is 0. The molecular weight excluding hydrogens is 378 g/mol. The third-order valence-corrected chi connectivity index (χ3v) is 5.02. The van der Waals surface area contributed by atoms with Gasteiger partial charge in [-0.1, -0.05) is 42.5 Å². The van der Waals surface area contributed by atoms with Gasteiger partial charge in [0.2, 0.25) is 5.91 Å². The number of amides is 2. The molecule has 6 nitrogen and oxygen atoms in total. The lowest BCUT2D eigenvalue weighted by atomic mass is 10.0. The summed E-state index contributed by atoms with van der Waals surface area (Å²) in [5.74, 6) is 0.480. The molecule has 2 amide bonds. The van der Waals surface area contributed by atoms with E-state index in [2.05, 4.69) is 39.8 Å². The number of carbonyl (C=O) groups is 2. The first-order chi connectivity index (χ1) is 14.5. The van der Waals surface area contributed by atoms with Gasteiger partial charge in [-0.3, -0.25) is 9.69 Å². The van der Waals surface area contributed by atoms with E-state index in [4.69, 9.17) is 4.74 Å². The van der Waals surface area contributed by atoms with Gasteiger partial charge in [-0.05, 0) is 56.5 Å². The average Bonchev–Trinajstić information content (AvgIpc) is 2.70. The monoisotopic (exact) mass is 409 g/mol. The van der Waals surface area contributed by atoms with Gasteiger partial charge in [-0.15, -0.1) is 0 Å². The molecule has 1 saturated heterocycles. The number of ether oxygens (including phenoxy) is 1. The highest BCUT2D eigenvalue weighted by atomic mass is 16.6. The van der Waals surface area contributed by atoms with Gasteiger partial charge in [0.1, 0.15) is 5.75 Å². The molecule has 0 radical (unpaired) electrons. The van der Waals surface area contributed by atoms with Crippen LogP contribution in [0.3, 0.4) is 0 Å². The molecule has 2 N–H and O–H groups in total. The minimum atomic E-state index is -0.479. The van der Waals surface area contributed by atoms with Crippen LogP contribution in [0.1, 0.15) is 37.8 Å². The first kappa shape index (κ1) is 21.8. The molecule has 0 saturated carbocycles. The molecule has 1 heterocycles. The Bertz CT molecular complexity index is 821. The van der Waals surface area contributed by atoms with Crippen LogP contribution in [0, 0.1) is 0 Å². The normalized spacial score (nSPS) is 16.8. The Balaban J connectivity index is 1.45. The second-order valence-electron chi connectivity index (χ2n) is 8.14. The highest BCUT2D eigenvalue weighted by Crippen LogP contribution is 2.15. The Labute approximate surface area is 178 Å². The van der Waals surface area contributed by atoms with Crippen LogP contribution in [0.2, 0.25) is 0 Å². The number of likely N-dealkylation sites (tertiary alicyclic amines) is 1. The van der Waals surface area contributed by atoms with E-state index in [0.29, 0.717) is 12.2 Å². The Hall–Kier alpha value is -2.86. The summed E-state index contributed by atoms with van der Waals surface area (Å²) in [4.78, 5) is 26.6. The van der Waals surface area contributed by atoms with Gasteiger partial charge in [0.15, 0.2) is 0 Å². The predicted molar refractivity (Wildman–Crippen MR) is 117 cm³/mol. The van der Waals surface area contributed by atoms with Gasteiger partial charge < -0.3 is 15.4 Å². The van der Waals surface area contributed by atoms with Crippen molar-refractivity contribution in [2.24, 2.45) is 0 Å². The molecule has 30 heavy (non-hydrogen) atoms. The molecule has 2 aromatic carbocycles. The van der Waals surface area contributed by atoms with Crippen molar-refractivity contribution < 1.29 is 14.3 Å². The van der Waals surface area contributed by atoms with Gasteiger partial charge in [-0.25, -0.2) is 4.79 Å². The van der Waals surface area contributed by atoms with Gasteiger partial charge in [0, 0.05) is 25.2 Å². The summed E-state index contributed by atoms with van der Waals surface area (Å²) in [6, 6.07) is 17.7. The van der Waals surface area contributed by atoms with Crippen molar-refractivity contribution in [1.29, 1.82) is 0 Å². The number of nitrogens with one attached hydrogen (secondary N) is 2. The molecule has 3 rings (SSSR count). The van der Waals surface area contributed by atoms with E-state index in [1.54, 1.807) is 12.1 Å². The lowest BCUT2D eigenvalue weighted by Crippen LogP contribution is -2.47. The largest absolute Gasteiger partial charge is 0.412 e. The average molecular weight is 410 g/mol. The van der Waals surface area contributed by atoms with Crippen LogP contribution in [0.15, 0.2) is 54.6 Å². The summed E-state index contributed by atoms with van der Waals surface area (Å²) in [5.41, 5.74) is 2.19. The highest BCUT2D eigenvalue weighted by Gasteiger charge is 2.21. The number of nitrogens with zero attached hydrogens (tertiary/aromatic N) is 1. The molecule has 1 fully saturated rings. The van der Waals surface area contributed by atoms with E-state index in [1.807, 2.05) is 32.0 Å². The fourth-order valence-corrected chi connectivity index (χ4v) is 3.67. The van der Waals surface area contributed by atoms with Crippen LogP contribution in [-0.4, -0.2) is 42.1 Å². The van der Waals surface area contributed by atoms with E-state index in [-0.39, 0.29) is 18.0 Å². The maximum atomic E-state index is 12.5. The van der Waals surface area contributed by atoms with E-state index < -0.39 is 6.09 Å². The van der Waals surface area contributed by atoms with Gasteiger partial charge >= 0.3 is 6.09 Å². The fourth-order valence-electron chi connectivity index (χ4n) is 3.67. The molecular formula is C24H31N3O3. The number of rotatable bonds is 7. The summed E-state index contributed by atoms with van der Waals surface area (Å²) in [5, 5.41) is 5.85. The van der Waals surface area contributed by atoms with Crippen molar-refractivity contribution in [3.05, 3.63) is 65.7 Å². The molecule has 1 unspecified atom stereocenters. The predicted octanol–water partition coefficient (Wildman–Crippen LogP) is 3.51. The van der Waals surface area contributed by atoms with E-state index in [0.717, 1.165) is 38.0 Å². The molecule has 6 heteroatoms. The van der Waals surface area contributed by atoms with Crippen molar-refractivity contribution in [3.8, 4) is 5.75 Å². The molecule has 1 aliphatic heterocycles. The molecule has 160 valence electrons. The summed E-state index contributed by atoms with van der Waals surface area (Å²) in [6.07, 6.45) is 1.93. The summed E-state index contributed by atoms with van der Waals surface area (Å²) in [6.45, 7) is 6.59. The molecule has 0 bridgehead atoms. The second-order valence-corrected chi connectivity index (χ2v) is 8.14. The zero-order valence-corrected chi connectivity index (χ0v) is 17.8. The van der Waals surface area contributed by atoms with Gasteiger partial charge in [-0.2, -0.15) is 0 Å². The quantitative estimate of drug-likeness (QED) is 0.734. The van der Waals surface area contributed by atoms with Crippen LogP contribution >= 0.6 is 0 Å². The highest BCUT2D eigenvalue weighted by molar-refractivity contribution is 5.79. The zero-order chi connectivity index (χ0) is 21.3. The first-order valence-corrected chi connectivity index (χ1v) is 10.6. The number of piperidine rings is 1. The first-order valence-electron chi connectivity index (χ1n) is 10.6. The van der Waals surface area contributed by atoms with Crippen molar-refractivity contribution in [2.75, 3.05) is 13.1 Å². The molecule has 0 spiro atoms. The molecule has 0 aliphatic carbocycles. The number of carbonyl (C=O) groups excluding carboxylic acids is 2. The van der Waals surface area contributed by atoms with Crippen LogP contribution in [0.25, 0.3) is 0 Å². The minimum Gasteiger partial charge on any atom is -0.410 e. The lowest BCUT2D eigenvalue weighted by Gasteiger charge is -2.33. The van der Waals surface area contributed by atoms with E-state index >= 15 is 0 Å². The van der Waals surface area contributed by atoms with Crippen LogP contribution in [0.4, 0.5) is 4.79 Å². The molecule has 1 aliphatic rings. The van der Waals surface area contributed by atoms with E-state index in [1.165, 1.54) is 5.56 Å². The van der Waals surface area contributed by atoms with Gasteiger partial charge in [0.05, 0.1) is 6.42 Å². The topological polar surface area (TPSA) is 70.7 Å². The molecule has 1 atom stereocenters. The van der Waals surface area contributed by atoms with Crippen LogP contribution in [-0.2, 0) is 17.8 Å². The van der Waals surface area contributed by atoms with Crippen molar-refractivity contribution in [1.82, 2.24) is 15.5 Å². The van der Waals surface area contributed by atoms with Crippen molar-refractivity contribution in [3.63, 3.8) is 0 Å². The van der Waals surface area contributed by atoms with E-state index in [9.17, 15) is 9.59 Å². The van der Waals surface area contributed by atoms with Crippen LogP contribution in [0.5, 0.6) is 5.75 Å². The Morgan fingerprint density at radius 2 is 1.80 bits per heavy atom. The lowest BCUT2D eigenvalue weighted by molar-refractivity contribution is -0.121. The standard InChI is InChI=1S/C24H31N3O3/c1-18(2)25-24(29)30-22-12-10-19(11-13-22)15-23(28)26-21-9-6-14-27(17-21)16-20-7-4-3-5-8-20/h3-5,7-8,10-13,18,21H,6,9,14-17H2,1-2H3,(H,25,29)(H,26,28). The molecule has 0 aromatic heterocycles. The Morgan fingerprint density at radius 1 is 1.07 bits per heavy atom. The van der Waals surface area contributed by atoms with Gasteiger partial charge in [0.25, 0.3) is 0 Å².